The first-order valence-electron chi connectivity index (χ1n) is 10.1. The van der Waals surface area contributed by atoms with Crippen molar-refractivity contribution in [2.75, 3.05) is 17.7 Å². The highest BCUT2D eigenvalue weighted by atomic mass is 32.2. The Morgan fingerprint density at radius 2 is 1.97 bits per heavy atom. The van der Waals surface area contributed by atoms with Gasteiger partial charge in [0.2, 0.25) is 5.91 Å². The highest BCUT2D eigenvalue weighted by Crippen LogP contribution is 2.23. The summed E-state index contributed by atoms with van der Waals surface area (Å²) in [6.07, 6.45) is 1.94. The Hall–Kier alpha value is -2.64. The summed E-state index contributed by atoms with van der Waals surface area (Å²) in [5.74, 6) is 0.0489. The number of fused-ring (bicyclic) bond motifs is 1. The Labute approximate surface area is 179 Å². The number of nitrogens with zero attached hydrogens (tertiary/aromatic N) is 2. The highest BCUT2D eigenvalue weighted by Gasteiger charge is 2.20. The van der Waals surface area contributed by atoms with Crippen LogP contribution < -0.4 is 10.9 Å². The van der Waals surface area contributed by atoms with Gasteiger partial charge in [-0.05, 0) is 49.9 Å². The summed E-state index contributed by atoms with van der Waals surface area (Å²) in [4.78, 5) is 30.4. The van der Waals surface area contributed by atoms with Crippen molar-refractivity contribution in [1.82, 2.24) is 9.55 Å². The smallest absolute Gasteiger partial charge is 0.262 e. The Kier molecular flexibility index (Phi) is 6.20. The van der Waals surface area contributed by atoms with E-state index < -0.39 is 0 Å². The lowest BCUT2D eigenvalue weighted by atomic mass is 10.1. The second-order valence-corrected chi connectivity index (χ2v) is 8.51. The van der Waals surface area contributed by atoms with Crippen LogP contribution in [0.4, 0.5) is 5.69 Å². The molecule has 0 aliphatic carbocycles. The van der Waals surface area contributed by atoms with E-state index in [1.165, 1.54) is 11.8 Å². The third-order valence-electron chi connectivity index (χ3n) is 5.31. The van der Waals surface area contributed by atoms with Crippen LogP contribution in [0.1, 0.15) is 24.0 Å². The zero-order chi connectivity index (χ0) is 21.1. The lowest BCUT2D eigenvalue weighted by Gasteiger charge is -2.16. The summed E-state index contributed by atoms with van der Waals surface area (Å²) in [5.41, 5.74) is 3.43. The SMILES string of the molecule is Cc1cccc(C)c1NC(=O)CSc1nc2ccccc2c(=O)n1CC1CCCO1. The fourth-order valence-corrected chi connectivity index (χ4v) is 4.54. The van der Waals surface area contributed by atoms with Crippen LogP contribution in [0.25, 0.3) is 10.9 Å². The van der Waals surface area contributed by atoms with Gasteiger partial charge in [0.05, 0.1) is 29.3 Å². The molecule has 0 radical (unpaired) electrons. The number of hydrogen-bond donors (Lipinski definition) is 1. The zero-order valence-corrected chi connectivity index (χ0v) is 18.0. The van der Waals surface area contributed by atoms with Crippen molar-refractivity contribution in [2.24, 2.45) is 0 Å². The molecule has 1 amide bonds. The molecule has 3 aromatic rings. The van der Waals surface area contributed by atoms with Crippen LogP contribution >= 0.6 is 11.8 Å². The maximum Gasteiger partial charge on any atom is 0.262 e. The summed E-state index contributed by atoms with van der Waals surface area (Å²) < 4.78 is 7.40. The third-order valence-corrected chi connectivity index (χ3v) is 6.29. The molecule has 1 aromatic heterocycles. The van der Waals surface area contributed by atoms with Gasteiger partial charge in [-0.25, -0.2) is 4.98 Å². The number of rotatable bonds is 6. The monoisotopic (exact) mass is 423 g/mol. The standard InChI is InChI=1S/C23H25N3O3S/c1-15-7-5-8-16(2)21(15)25-20(27)14-30-23-24-19-11-4-3-10-18(19)22(28)26(23)13-17-9-6-12-29-17/h3-5,7-8,10-11,17H,6,9,12-14H2,1-2H3,(H,25,27). The minimum Gasteiger partial charge on any atom is -0.376 e. The molecule has 0 saturated carbocycles. The molecule has 1 N–H and O–H groups in total. The number of carbonyl (C=O) groups excluding carboxylic acids is 1. The molecular weight excluding hydrogens is 398 g/mol. The predicted molar refractivity (Wildman–Crippen MR) is 120 cm³/mol. The number of carbonyl (C=O) groups is 1. The molecule has 156 valence electrons. The average Bonchev–Trinajstić information content (AvgIpc) is 3.25. The number of benzene rings is 2. The van der Waals surface area contributed by atoms with Gasteiger partial charge in [0, 0.05) is 12.3 Å². The Morgan fingerprint density at radius 3 is 2.70 bits per heavy atom. The van der Waals surface area contributed by atoms with Crippen LogP contribution in [0.15, 0.2) is 52.4 Å². The number of amides is 1. The van der Waals surface area contributed by atoms with Gasteiger partial charge in [0.25, 0.3) is 5.56 Å². The molecule has 4 rings (SSSR count). The third kappa shape index (κ3) is 4.42. The van der Waals surface area contributed by atoms with E-state index in [2.05, 4.69) is 10.3 Å². The van der Waals surface area contributed by atoms with Crippen LogP contribution in [0.5, 0.6) is 0 Å². The number of nitrogens with one attached hydrogen (secondary N) is 1. The van der Waals surface area contributed by atoms with E-state index in [0.29, 0.717) is 22.6 Å². The topological polar surface area (TPSA) is 73.2 Å². The molecule has 1 unspecified atom stereocenters. The van der Waals surface area contributed by atoms with Gasteiger partial charge in [0.15, 0.2) is 5.16 Å². The summed E-state index contributed by atoms with van der Waals surface area (Å²) in [7, 11) is 0. The molecule has 1 fully saturated rings. The number of aromatic nitrogens is 2. The Bertz CT molecular complexity index is 1120. The number of para-hydroxylation sites is 2. The first kappa shape index (κ1) is 20.6. The van der Waals surface area contributed by atoms with Gasteiger partial charge in [-0.1, -0.05) is 42.1 Å². The molecule has 1 aliphatic heterocycles. The van der Waals surface area contributed by atoms with Crippen LogP contribution in [-0.4, -0.2) is 33.9 Å². The molecule has 0 spiro atoms. The van der Waals surface area contributed by atoms with Crippen LogP contribution in [0.2, 0.25) is 0 Å². The van der Waals surface area contributed by atoms with Gasteiger partial charge in [-0.2, -0.15) is 0 Å². The van der Waals surface area contributed by atoms with Crippen molar-refractivity contribution < 1.29 is 9.53 Å². The Morgan fingerprint density at radius 1 is 1.20 bits per heavy atom. The predicted octanol–water partition coefficient (Wildman–Crippen LogP) is 3.92. The molecule has 30 heavy (non-hydrogen) atoms. The van der Waals surface area contributed by atoms with Crippen LogP contribution in [0.3, 0.4) is 0 Å². The van der Waals surface area contributed by atoms with E-state index in [0.717, 1.165) is 36.3 Å². The van der Waals surface area contributed by atoms with E-state index in [-0.39, 0.29) is 23.3 Å². The fraction of sp³-hybridized carbons (Fsp3) is 0.348. The van der Waals surface area contributed by atoms with Crippen molar-refractivity contribution in [3.63, 3.8) is 0 Å². The maximum atomic E-state index is 13.1. The molecule has 1 aliphatic rings. The van der Waals surface area contributed by atoms with E-state index in [1.807, 2.05) is 50.2 Å². The van der Waals surface area contributed by atoms with E-state index >= 15 is 0 Å². The van der Waals surface area contributed by atoms with E-state index in [1.54, 1.807) is 10.6 Å². The number of hydrogen-bond acceptors (Lipinski definition) is 5. The Balaban J connectivity index is 1.57. The summed E-state index contributed by atoms with van der Waals surface area (Å²) in [5, 5.41) is 4.12. The molecule has 7 heteroatoms. The first-order chi connectivity index (χ1) is 14.5. The van der Waals surface area contributed by atoms with Crippen molar-refractivity contribution >= 4 is 34.3 Å². The summed E-state index contributed by atoms with van der Waals surface area (Å²) in [6.45, 7) is 5.12. The number of aryl methyl sites for hydroxylation is 2. The molecule has 1 atom stereocenters. The molecule has 2 aromatic carbocycles. The van der Waals surface area contributed by atoms with E-state index in [9.17, 15) is 9.59 Å². The second kappa shape index (κ2) is 9.02. The van der Waals surface area contributed by atoms with E-state index in [4.69, 9.17) is 4.74 Å². The van der Waals surface area contributed by atoms with Crippen molar-refractivity contribution in [1.29, 1.82) is 0 Å². The lowest BCUT2D eigenvalue weighted by molar-refractivity contribution is -0.113. The zero-order valence-electron chi connectivity index (χ0n) is 17.2. The normalized spacial score (nSPS) is 16.1. The minimum absolute atomic E-state index is 0.00783. The van der Waals surface area contributed by atoms with Crippen LogP contribution in [-0.2, 0) is 16.1 Å². The van der Waals surface area contributed by atoms with Gasteiger partial charge < -0.3 is 10.1 Å². The van der Waals surface area contributed by atoms with Gasteiger partial charge in [-0.3, -0.25) is 14.2 Å². The lowest BCUT2D eigenvalue weighted by Crippen LogP contribution is -2.29. The fourth-order valence-electron chi connectivity index (χ4n) is 3.73. The molecule has 0 bridgehead atoms. The molecule has 1 saturated heterocycles. The quantitative estimate of drug-likeness (QED) is 0.480. The van der Waals surface area contributed by atoms with Gasteiger partial charge in [-0.15, -0.1) is 0 Å². The highest BCUT2D eigenvalue weighted by molar-refractivity contribution is 7.99. The molecule has 6 nitrogen and oxygen atoms in total. The van der Waals surface area contributed by atoms with Crippen LogP contribution in [0, 0.1) is 13.8 Å². The van der Waals surface area contributed by atoms with Gasteiger partial charge >= 0.3 is 0 Å². The maximum absolute atomic E-state index is 13.1. The summed E-state index contributed by atoms with van der Waals surface area (Å²) >= 11 is 1.28. The van der Waals surface area contributed by atoms with Crippen molar-refractivity contribution in [2.45, 2.75) is 44.5 Å². The minimum atomic E-state index is -0.122. The summed E-state index contributed by atoms with van der Waals surface area (Å²) in [6, 6.07) is 13.2. The average molecular weight is 424 g/mol. The molecular formula is C23H25N3O3S. The molecule has 2 heterocycles. The largest absolute Gasteiger partial charge is 0.376 e. The first-order valence-corrected chi connectivity index (χ1v) is 11.1. The van der Waals surface area contributed by atoms with Gasteiger partial charge in [0.1, 0.15) is 0 Å². The number of thioether (sulfide) groups is 1. The number of ether oxygens (including phenoxy) is 1. The second-order valence-electron chi connectivity index (χ2n) is 7.57. The number of anilines is 1. The van der Waals surface area contributed by atoms with Crippen molar-refractivity contribution in [3.05, 3.63) is 63.9 Å². The van der Waals surface area contributed by atoms with Crippen molar-refractivity contribution in [3.8, 4) is 0 Å².